The third kappa shape index (κ3) is 5.02. The molecular weight excluding hydrogens is 134 g/mol. The molecule has 0 aromatic carbocycles. The summed E-state index contributed by atoms with van der Waals surface area (Å²) in [5, 5.41) is 0. The second-order valence-corrected chi connectivity index (χ2v) is 2.58. The van der Waals surface area contributed by atoms with E-state index in [1.165, 1.54) is 25.9 Å². The summed E-state index contributed by atoms with van der Waals surface area (Å²) < 4.78 is 0. The quantitative estimate of drug-likeness (QED) is 0.554. The zero-order valence-electron chi connectivity index (χ0n) is 8.14. The minimum atomic E-state index is 1.16. The van der Waals surface area contributed by atoms with Gasteiger partial charge in [-0.15, -0.1) is 0 Å². The van der Waals surface area contributed by atoms with Crippen molar-refractivity contribution in [2.45, 2.75) is 33.6 Å². The van der Waals surface area contributed by atoms with E-state index in [0.29, 0.717) is 0 Å². The first-order valence-electron chi connectivity index (χ1n) is 4.77. The first-order chi connectivity index (χ1) is 5.43. The smallest absolute Gasteiger partial charge is 0.0163 e. The number of hydrogen-bond donors (Lipinski definition) is 0. The molecule has 1 heteroatoms. The Morgan fingerprint density at radius 1 is 1.18 bits per heavy atom. The normalized spacial score (nSPS) is 18.5. The van der Waals surface area contributed by atoms with Crippen LogP contribution in [0.4, 0.5) is 0 Å². The lowest BCUT2D eigenvalue weighted by atomic mass is 10.4. The Labute approximate surface area is 71.1 Å². The molecule has 1 heterocycles. The van der Waals surface area contributed by atoms with E-state index < -0.39 is 0 Å². The Morgan fingerprint density at radius 3 is 2.18 bits per heavy atom. The fraction of sp³-hybridized carbons (Fsp3) is 0.800. The molecule has 0 aromatic heterocycles. The van der Waals surface area contributed by atoms with Crippen molar-refractivity contribution < 1.29 is 0 Å². The number of hydrogen-bond acceptors (Lipinski definition) is 1. The van der Waals surface area contributed by atoms with Gasteiger partial charge in [0.15, 0.2) is 0 Å². The van der Waals surface area contributed by atoms with Gasteiger partial charge >= 0.3 is 0 Å². The van der Waals surface area contributed by atoms with Crippen LogP contribution in [-0.2, 0) is 0 Å². The van der Waals surface area contributed by atoms with Crippen LogP contribution in [0.3, 0.4) is 0 Å². The average Bonchev–Trinajstić information content (AvgIpc) is 2.57. The second kappa shape index (κ2) is 7.80. The molecule has 0 aliphatic carbocycles. The number of allylic oxidation sites excluding steroid dienone is 1. The van der Waals surface area contributed by atoms with Crippen LogP contribution in [0, 0.1) is 0 Å². The van der Waals surface area contributed by atoms with E-state index >= 15 is 0 Å². The Morgan fingerprint density at radius 2 is 1.73 bits per heavy atom. The molecule has 0 amide bonds. The van der Waals surface area contributed by atoms with E-state index in [1.54, 1.807) is 0 Å². The van der Waals surface area contributed by atoms with E-state index in [1.807, 2.05) is 13.8 Å². The van der Waals surface area contributed by atoms with E-state index in [9.17, 15) is 0 Å². The van der Waals surface area contributed by atoms with Gasteiger partial charge in [-0.3, -0.25) is 4.90 Å². The van der Waals surface area contributed by atoms with Gasteiger partial charge in [-0.25, -0.2) is 0 Å². The fourth-order valence-electron chi connectivity index (χ4n) is 1.22. The van der Waals surface area contributed by atoms with E-state index in [0.717, 1.165) is 6.54 Å². The van der Waals surface area contributed by atoms with E-state index in [4.69, 9.17) is 0 Å². The molecule has 0 radical (unpaired) electrons. The lowest BCUT2D eigenvalue weighted by molar-refractivity contribution is 0.377. The van der Waals surface area contributed by atoms with Crippen LogP contribution >= 0.6 is 0 Å². The fourth-order valence-corrected chi connectivity index (χ4v) is 1.22. The van der Waals surface area contributed by atoms with Crippen LogP contribution < -0.4 is 0 Å². The molecule has 0 unspecified atom stereocenters. The summed E-state index contributed by atoms with van der Waals surface area (Å²) >= 11 is 0. The zero-order chi connectivity index (χ0) is 8.53. The zero-order valence-corrected chi connectivity index (χ0v) is 8.14. The third-order valence-electron chi connectivity index (χ3n) is 1.80. The highest BCUT2D eigenvalue weighted by Gasteiger charge is 2.07. The summed E-state index contributed by atoms with van der Waals surface area (Å²) in [6.45, 7) is 9.86. The van der Waals surface area contributed by atoms with E-state index in [2.05, 4.69) is 24.0 Å². The molecule has 0 atom stereocenters. The van der Waals surface area contributed by atoms with Gasteiger partial charge in [0.05, 0.1) is 0 Å². The lowest BCUT2D eigenvalue weighted by Gasteiger charge is -2.09. The highest BCUT2D eigenvalue weighted by molar-refractivity contribution is 4.82. The Kier molecular flexibility index (Phi) is 7.59. The van der Waals surface area contributed by atoms with Crippen molar-refractivity contribution in [2.24, 2.45) is 0 Å². The first-order valence-corrected chi connectivity index (χ1v) is 4.77. The molecule has 0 saturated carbocycles. The molecule has 0 aromatic rings. The van der Waals surface area contributed by atoms with Crippen molar-refractivity contribution in [1.82, 2.24) is 4.90 Å². The summed E-state index contributed by atoms with van der Waals surface area (Å²) in [4.78, 5) is 2.49. The van der Waals surface area contributed by atoms with Crippen molar-refractivity contribution in [3.05, 3.63) is 12.2 Å². The van der Waals surface area contributed by atoms with Crippen LogP contribution in [0.25, 0.3) is 0 Å². The largest absolute Gasteiger partial charge is 0.300 e. The molecule has 0 spiro atoms. The molecule has 0 N–H and O–H groups in total. The summed E-state index contributed by atoms with van der Waals surface area (Å²) in [6, 6.07) is 0. The average molecular weight is 155 g/mol. The second-order valence-electron chi connectivity index (χ2n) is 2.58. The van der Waals surface area contributed by atoms with Crippen LogP contribution in [0.15, 0.2) is 12.2 Å². The molecular formula is C10H21N. The number of rotatable bonds is 2. The van der Waals surface area contributed by atoms with Gasteiger partial charge in [0.2, 0.25) is 0 Å². The highest BCUT2D eigenvalue weighted by Crippen LogP contribution is 2.05. The SMILES string of the molecule is C/C=C/CN1CCCC1.CC. The van der Waals surface area contributed by atoms with Crippen LogP contribution in [0.1, 0.15) is 33.6 Å². The maximum atomic E-state index is 2.49. The topological polar surface area (TPSA) is 3.24 Å². The summed E-state index contributed by atoms with van der Waals surface area (Å²) in [6.07, 6.45) is 7.15. The van der Waals surface area contributed by atoms with Crippen molar-refractivity contribution in [3.63, 3.8) is 0 Å². The maximum absolute atomic E-state index is 2.49. The standard InChI is InChI=1S/C8H15N.C2H6/c1-2-3-6-9-7-4-5-8-9;1-2/h2-3H,4-8H2,1H3;1-2H3/b3-2+;. The molecule has 66 valence electrons. The van der Waals surface area contributed by atoms with Gasteiger partial charge in [0.1, 0.15) is 0 Å². The van der Waals surface area contributed by atoms with Gasteiger partial charge in [-0.2, -0.15) is 0 Å². The summed E-state index contributed by atoms with van der Waals surface area (Å²) in [7, 11) is 0. The Bertz CT molecular complexity index is 91.0. The molecule has 1 saturated heterocycles. The number of likely N-dealkylation sites (tertiary alicyclic amines) is 1. The van der Waals surface area contributed by atoms with Gasteiger partial charge in [-0.05, 0) is 32.9 Å². The first kappa shape index (κ1) is 10.7. The molecule has 1 nitrogen and oxygen atoms in total. The molecule has 0 bridgehead atoms. The molecule has 11 heavy (non-hydrogen) atoms. The summed E-state index contributed by atoms with van der Waals surface area (Å²) in [5.41, 5.74) is 0. The Balaban J connectivity index is 0.000000461. The van der Waals surface area contributed by atoms with Crippen molar-refractivity contribution >= 4 is 0 Å². The molecule has 1 aliphatic rings. The van der Waals surface area contributed by atoms with Crippen molar-refractivity contribution in [2.75, 3.05) is 19.6 Å². The molecule has 1 aliphatic heterocycles. The predicted molar refractivity (Wildman–Crippen MR) is 51.8 cm³/mol. The van der Waals surface area contributed by atoms with Gasteiger partial charge < -0.3 is 0 Å². The highest BCUT2D eigenvalue weighted by atomic mass is 15.1. The van der Waals surface area contributed by atoms with Crippen molar-refractivity contribution in [3.8, 4) is 0 Å². The Hall–Kier alpha value is -0.300. The summed E-state index contributed by atoms with van der Waals surface area (Å²) in [5.74, 6) is 0. The minimum Gasteiger partial charge on any atom is -0.300 e. The third-order valence-corrected chi connectivity index (χ3v) is 1.80. The van der Waals surface area contributed by atoms with Crippen LogP contribution in [0.5, 0.6) is 0 Å². The van der Waals surface area contributed by atoms with Gasteiger partial charge in [0, 0.05) is 6.54 Å². The minimum absolute atomic E-state index is 1.16. The monoisotopic (exact) mass is 155 g/mol. The predicted octanol–water partition coefficient (Wildman–Crippen LogP) is 2.68. The molecule has 1 rings (SSSR count). The van der Waals surface area contributed by atoms with Crippen LogP contribution in [-0.4, -0.2) is 24.5 Å². The van der Waals surface area contributed by atoms with Gasteiger partial charge in [0.25, 0.3) is 0 Å². The lowest BCUT2D eigenvalue weighted by Crippen LogP contribution is -2.18. The molecule has 1 fully saturated rings. The van der Waals surface area contributed by atoms with Crippen molar-refractivity contribution in [1.29, 1.82) is 0 Å². The maximum Gasteiger partial charge on any atom is 0.0163 e. The van der Waals surface area contributed by atoms with E-state index in [-0.39, 0.29) is 0 Å². The van der Waals surface area contributed by atoms with Crippen LogP contribution in [0.2, 0.25) is 0 Å². The number of nitrogens with zero attached hydrogens (tertiary/aromatic N) is 1. The van der Waals surface area contributed by atoms with Gasteiger partial charge in [-0.1, -0.05) is 26.0 Å².